The van der Waals surface area contributed by atoms with E-state index in [-0.39, 0.29) is 0 Å². The van der Waals surface area contributed by atoms with E-state index < -0.39 is 0 Å². The highest BCUT2D eigenvalue weighted by Gasteiger charge is 2.18. The molecule has 0 fully saturated rings. The number of ether oxygens (including phenoxy) is 5. The summed E-state index contributed by atoms with van der Waals surface area (Å²) in [6.07, 6.45) is 1.02. The van der Waals surface area contributed by atoms with Gasteiger partial charge in [0.2, 0.25) is 5.75 Å². The minimum atomic E-state index is 0.303. The third-order valence-corrected chi connectivity index (χ3v) is 4.46. The summed E-state index contributed by atoms with van der Waals surface area (Å²) in [4.78, 5) is 4.58. The molecule has 28 heavy (non-hydrogen) atoms. The molecule has 150 valence electrons. The third kappa shape index (κ3) is 4.08. The first-order chi connectivity index (χ1) is 13.7. The van der Waals surface area contributed by atoms with E-state index in [2.05, 4.69) is 10.3 Å². The number of rotatable bonds is 8. The van der Waals surface area contributed by atoms with Gasteiger partial charge in [-0.15, -0.1) is 0 Å². The second-order valence-corrected chi connectivity index (χ2v) is 6.17. The molecule has 1 heterocycles. The Bertz CT molecular complexity index is 826. The van der Waals surface area contributed by atoms with Crippen LogP contribution in [0.5, 0.6) is 28.7 Å². The number of aliphatic imine (C=N–C) groups is 1. The summed E-state index contributed by atoms with van der Waals surface area (Å²) >= 11 is 0. The Balaban J connectivity index is 1.91. The van der Waals surface area contributed by atoms with Crippen molar-refractivity contribution < 1.29 is 23.7 Å². The maximum Gasteiger partial charge on any atom is 0.203 e. The molecule has 2 aromatic rings. The standard InChI is InChI=1S/C21H26N2O5/c1-24-16-8-5-7-15(21-22-9-6-10-23-21)19(16)28-13-14-11-17(25-2)20(27-4)18(12-14)26-3/h5,7-8,11-12H,6,9-10,13H2,1-4H3,(H,22,23). The molecule has 2 aromatic carbocycles. The predicted octanol–water partition coefficient (Wildman–Crippen LogP) is 3.04. The van der Waals surface area contributed by atoms with E-state index in [0.29, 0.717) is 35.4 Å². The van der Waals surface area contributed by atoms with Gasteiger partial charge in [-0.3, -0.25) is 4.99 Å². The molecule has 0 aromatic heterocycles. The fraction of sp³-hybridized carbons (Fsp3) is 0.381. The molecule has 0 radical (unpaired) electrons. The quantitative estimate of drug-likeness (QED) is 0.752. The molecule has 7 nitrogen and oxygen atoms in total. The molecular formula is C21H26N2O5. The number of hydrogen-bond acceptors (Lipinski definition) is 7. The van der Waals surface area contributed by atoms with Crippen LogP contribution in [0.4, 0.5) is 0 Å². The lowest BCUT2D eigenvalue weighted by Crippen LogP contribution is -2.30. The molecule has 0 unspecified atom stereocenters. The number of hydrogen-bond donors (Lipinski definition) is 1. The van der Waals surface area contributed by atoms with Crippen LogP contribution < -0.4 is 29.0 Å². The van der Waals surface area contributed by atoms with Crippen molar-refractivity contribution in [2.75, 3.05) is 41.5 Å². The van der Waals surface area contributed by atoms with Crippen molar-refractivity contribution in [2.45, 2.75) is 13.0 Å². The van der Waals surface area contributed by atoms with Gasteiger partial charge in [0, 0.05) is 13.1 Å². The van der Waals surface area contributed by atoms with Gasteiger partial charge in [-0.2, -0.15) is 0 Å². The molecular weight excluding hydrogens is 360 g/mol. The van der Waals surface area contributed by atoms with Crippen LogP contribution in [0.25, 0.3) is 0 Å². The Labute approximate surface area is 165 Å². The molecule has 0 bridgehead atoms. The number of amidine groups is 1. The fourth-order valence-corrected chi connectivity index (χ4v) is 3.10. The molecule has 1 N–H and O–H groups in total. The van der Waals surface area contributed by atoms with Crippen LogP contribution in [-0.2, 0) is 6.61 Å². The lowest BCUT2D eigenvalue weighted by molar-refractivity contribution is 0.280. The van der Waals surface area contributed by atoms with Crippen molar-refractivity contribution in [2.24, 2.45) is 4.99 Å². The monoisotopic (exact) mass is 386 g/mol. The molecule has 0 spiro atoms. The first kappa shape index (κ1) is 19.7. The predicted molar refractivity (Wildman–Crippen MR) is 107 cm³/mol. The number of nitrogens with zero attached hydrogens (tertiary/aromatic N) is 1. The second-order valence-electron chi connectivity index (χ2n) is 6.17. The van der Waals surface area contributed by atoms with Gasteiger partial charge in [0.15, 0.2) is 23.0 Å². The van der Waals surface area contributed by atoms with Gasteiger partial charge in [0.05, 0.1) is 34.0 Å². The number of methoxy groups -OCH3 is 4. The summed E-state index contributed by atoms with van der Waals surface area (Å²) in [5.74, 6) is 3.84. The zero-order valence-electron chi connectivity index (χ0n) is 16.7. The summed E-state index contributed by atoms with van der Waals surface area (Å²) < 4.78 is 27.9. The van der Waals surface area contributed by atoms with Crippen LogP contribution in [0, 0.1) is 0 Å². The molecule has 0 atom stereocenters. The van der Waals surface area contributed by atoms with E-state index in [1.165, 1.54) is 0 Å². The Kier molecular flexibility index (Phi) is 6.47. The maximum absolute atomic E-state index is 6.17. The minimum absolute atomic E-state index is 0.303. The number of para-hydroxylation sites is 1. The van der Waals surface area contributed by atoms with Crippen molar-refractivity contribution in [3.8, 4) is 28.7 Å². The molecule has 3 rings (SSSR count). The van der Waals surface area contributed by atoms with Gasteiger partial charge in [-0.1, -0.05) is 6.07 Å². The first-order valence-corrected chi connectivity index (χ1v) is 9.09. The van der Waals surface area contributed by atoms with Gasteiger partial charge in [-0.25, -0.2) is 0 Å². The number of nitrogens with one attached hydrogen (secondary N) is 1. The second kappa shape index (κ2) is 9.21. The SMILES string of the molecule is COc1cc(COc2c(OC)cccc2C2=NCCCN2)cc(OC)c1OC. The number of benzene rings is 2. The summed E-state index contributed by atoms with van der Waals surface area (Å²) in [6, 6.07) is 9.51. The van der Waals surface area contributed by atoms with Crippen LogP contribution >= 0.6 is 0 Å². The van der Waals surface area contributed by atoms with E-state index in [1.54, 1.807) is 28.4 Å². The highest BCUT2D eigenvalue weighted by atomic mass is 16.5. The zero-order valence-corrected chi connectivity index (χ0v) is 16.7. The van der Waals surface area contributed by atoms with Crippen LogP contribution in [0.3, 0.4) is 0 Å². The van der Waals surface area contributed by atoms with E-state index in [1.807, 2.05) is 30.3 Å². The van der Waals surface area contributed by atoms with E-state index in [4.69, 9.17) is 23.7 Å². The lowest BCUT2D eigenvalue weighted by atomic mass is 10.1. The Hall–Kier alpha value is -3.09. The molecule has 0 aliphatic carbocycles. The molecule has 0 saturated heterocycles. The Morgan fingerprint density at radius 2 is 1.61 bits per heavy atom. The van der Waals surface area contributed by atoms with Crippen LogP contribution in [0.2, 0.25) is 0 Å². The first-order valence-electron chi connectivity index (χ1n) is 9.09. The molecule has 0 amide bonds. The minimum Gasteiger partial charge on any atom is -0.493 e. The van der Waals surface area contributed by atoms with Crippen molar-refractivity contribution in [1.82, 2.24) is 5.32 Å². The van der Waals surface area contributed by atoms with Crippen LogP contribution in [0.15, 0.2) is 35.3 Å². The molecule has 0 saturated carbocycles. The summed E-state index contributed by atoms with van der Waals surface area (Å²) in [5, 5.41) is 3.33. The zero-order chi connectivity index (χ0) is 19.9. The average Bonchev–Trinajstić information content (AvgIpc) is 2.77. The topological polar surface area (TPSA) is 70.5 Å². The van der Waals surface area contributed by atoms with Gasteiger partial charge in [0.1, 0.15) is 12.4 Å². The van der Waals surface area contributed by atoms with Crippen molar-refractivity contribution in [3.63, 3.8) is 0 Å². The fourth-order valence-electron chi connectivity index (χ4n) is 3.10. The van der Waals surface area contributed by atoms with Crippen molar-refractivity contribution in [3.05, 3.63) is 41.5 Å². The summed E-state index contributed by atoms with van der Waals surface area (Å²) in [6.45, 7) is 1.99. The third-order valence-electron chi connectivity index (χ3n) is 4.46. The maximum atomic E-state index is 6.17. The van der Waals surface area contributed by atoms with E-state index in [0.717, 1.165) is 36.5 Å². The van der Waals surface area contributed by atoms with Crippen molar-refractivity contribution >= 4 is 5.84 Å². The summed E-state index contributed by atoms with van der Waals surface area (Å²) in [7, 11) is 6.39. The highest BCUT2D eigenvalue weighted by molar-refractivity contribution is 6.02. The van der Waals surface area contributed by atoms with Crippen molar-refractivity contribution in [1.29, 1.82) is 0 Å². The smallest absolute Gasteiger partial charge is 0.203 e. The van der Waals surface area contributed by atoms with Gasteiger partial charge < -0.3 is 29.0 Å². The molecule has 1 aliphatic rings. The molecule has 1 aliphatic heterocycles. The molecule has 7 heteroatoms. The Morgan fingerprint density at radius 1 is 0.893 bits per heavy atom. The van der Waals surface area contributed by atoms with Gasteiger partial charge >= 0.3 is 0 Å². The highest BCUT2D eigenvalue weighted by Crippen LogP contribution is 2.39. The van der Waals surface area contributed by atoms with E-state index >= 15 is 0 Å². The van der Waals surface area contributed by atoms with Gasteiger partial charge in [-0.05, 0) is 36.2 Å². The Morgan fingerprint density at radius 3 is 2.18 bits per heavy atom. The summed E-state index contributed by atoms with van der Waals surface area (Å²) in [5.41, 5.74) is 1.76. The lowest BCUT2D eigenvalue weighted by Gasteiger charge is -2.20. The normalized spacial score (nSPS) is 13.2. The largest absolute Gasteiger partial charge is 0.493 e. The van der Waals surface area contributed by atoms with Crippen LogP contribution in [0.1, 0.15) is 17.5 Å². The van der Waals surface area contributed by atoms with Gasteiger partial charge in [0.25, 0.3) is 0 Å². The van der Waals surface area contributed by atoms with E-state index in [9.17, 15) is 0 Å². The van der Waals surface area contributed by atoms with Crippen LogP contribution in [-0.4, -0.2) is 47.4 Å². The average molecular weight is 386 g/mol.